The molecule has 1 aromatic heterocycles. The number of rotatable bonds is 5. The zero-order chi connectivity index (χ0) is 15.1. The molecular weight excluding hydrogens is 395 g/mol. The van der Waals surface area contributed by atoms with E-state index in [1.807, 2.05) is 31.2 Å². The van der Waals surface area contributed by atoms with Gasteiger partial charge >= 0.3 is 0 Å². The second-order valence-electron chi connectivity index (χ2n) is 4.49. The quantitative estimate of drug-likeness (QED) is 0.303. The number of hydrogen-bond acceptors (Lipinski definition) is 3. The standard InChI is InChI=1S/C15H18N4O2.HI/c1-11-4-6-12(7-5-11)19-15(16)18-9-8-17-14(20)13-3-2-10-21-13;/h2-7,10H,8-9H2,1H3,(H,17,20)(H3,16,18,19);1H. The number of carbonyl (C=O) groups is 1. The Kier molecular flexibility index (Phi) is 7.44. The number of aryl methyl sites for hydroxylation is 1. The summed E-state index contributed by atoms with van der Waals surface area (Å²) < 4.78 is 4.98. The van der Waals surface area contributed by atoms with E-state index in [-0.39, 0.29) is 35.6 Å². The Morgan fingerprint density at radius 3 is 2.64 bits per heavy atom. The molecule has 0 aliphatic carbocycles. The van der Waals surface area contributed by atoms with Crippen LogP contribution in [0, 0.1) is 6.92 Å². The van der Waals surface area contributed by atoms with E-state index in [0.717, 1.165) is 5.69 Å². The second-order valence-corrected chi connectivity index (χ2v) is 4.49. The third-order valence-electron chi connectivity index (χ3n) is 2.75. The van der Waals surface area contributed by atoms with E-state index in [9.17, 15) is 4.79 Å². The van der Waals surface area contributed by atoms with Crippen molar-refractivity contribution < 1.29 is 9.21 Å². The molecule has 1 amide bonds. The van der Waals surface area contributed by atoms with Crippen LogP contribution in [0.15, 0.2) is 52.1 Å². The maximum Gasteiger partial charge on any atom is 0.287 e. The van der Waals surface area contributed by atoms with Crippen LogP contribution in [0.3, 0.4) is 0 Å². The number of nitrogens with zero attached hydrogens (tertiary/aromatic N) is 1. The number of nitrogens with two attached hydrogens (primary N) is 1. The highest BCUT2D eigenvalue weighted by atomic mass is 127. The van der Waals surface area contributed by atoms with Crippen LogP contribution in [0.2, 0.25) is 0 Å². The number of amides is 1. The molecule has 4 N–H and O–H groups in total. The molecule has 1 aromatic carbocycles. The first-order valence-corrected chi connectivity index (χ1v) is 6.60. The van der Waals surface area contributed by atoms with Crippen LogP contribution in [-0.4, -0.2) is 25.0 Å². The van der Waals surface area contributed by atoms with Crippen molar-refractivity contribution in [1.29, 1.82) is 0 Å². The van der Waals surface area contributed by atoms with Crippen LogP contribution in [-0.2, 0) is 0 Å². The molecule has 118 valence electrons. The second kappa shape index (κ2) is 9.08. The molecule has 2 rings (SSSR count). The summed E-state index contributed by atoms with van der Waals surface area (Å²) in [6, 6.07) is 11.1. The van der Waals surface area contributed by atoms with Crippen LogP contribution >= 0.6 is 24.0 Å². The Bertz CT molecular complexity index is 609. The first kappa shape index (κ1) is 18.0. The minimum atomic E-state index is -0.264. The van der Waals surface area contributed by atoms with E-state index >= 15 is 0 Å². The summed E-state index contributed by atoms with van der Waals surface area (Å²) in [5, 5.41) is 5.67. The van der Waals surface area contributed by atoms with Crippen molar-refractivity contribution in [1.82, 2.24) is 5.32 Å². The lowest BCUT2D eigenvalue weighted by Crippen LogP contribution is -2.28. The summed E-state index contributed by atoms with van der Waals surface area (Å²) in [4.78, 5) is 15.7. The molecule has 6 nitrogen and oxygen atoms in total. The lowest BCUT2D eigenvalue weighted by atomic mass is 10.2. The molecule has 22 heavy (non-hydrogen) atoms. The number of nitrogens with one attached hydrogen (secondary N) is 2. The Labute approximate surface area is 146 Å². The fraction of sp³-hybridized carbons (Fsp3) is 0.200. The normalized spacial score (nSPS) is 10.7. The third kappa shape index (κ3) is 5.76. The van der Waals surface area contributed by atoms with Gasteiger partial charge in [-0.05, 0) is 31.2 Å². The van der Waals surface area contributed by atoms with Gasteiger partial charge in [0.15, 0.2) is 11.7 Å². The molecule has 0 saturated carbocycles. The lowest BCUT2D eigenvalue weighted by molar-refractivity contribution is 0.0927. The van der Waals surface area contributed by atoms with Gasteiger partial charge in [-0.25, -0.2) is 0 Å². The SMILES string of the molecule is Cc1ccc(NC(N)=NCCNC(=O)c2ccco2)cc1.I. The zero-order valence-corrected chi connectivity index (χ0v) is 14.5. The van der Waals surface area contributed by atoms with Crippen molar-refractivity contribution in [2.24, 2.45) is 10.7 Å². The first-order chi connectivity index (χ1) is 10.1. The highest BCUT2D eigenvalue weighted by molar-refractivity contribution is 14.0. The minimum Gasteiger partial charge on any atom is -0.459 e. The van der Waals surface area contributed by atoms with Gasteiger partial charge in [0.2, 0.25) is 0 Å². The van der Waals surface area contributed by atoms with Gasteiger partial charge in [0.1, 0.15) is 0 Å². The molecule has 0 radical (unpaired) electrons. The molecule has 1 heterocycles. The lowest BCUT2D eigenvalue weighted by Gasteiger charge is -2.06. The van der Waals surface area contributed by atoms with Gasteiger partial charge in [-0.15, -0.1) is 24.0 Å². The summed E-state index contributed by atoms with van der Waals surface area (Å²) in [5.41, 5.74) is 7.82. The minimum absolute atomic E-state index is 0. The summed E-state index contributed by atoms with van der Waals surface area (Å²) >= 11 is 0. The maximum atomic E-state index is 11.6. The number of aliphatic imine (C=N–C) groups is 1. The molecule has 0 spiro atoms. The van der Waals surface area contributed by atoms with E-state index in [1.165, 1.54) is 11.8 Å². The van der Waals surface area contributed by atoms with Gasteiger partial charge < -0.3 is 20.8 Å². The van der Waals surface area contributed by atoms with E-state index in [0.29, 0.717) is 19.0 Å². The topological polar surface area (TPSA) is 92.6 Å². The van der Waals surface area contributed by atoms with Gasteiger partial charge in [0.25, 0.3) is 5.91 Å². The Balaban J connectivity index is 0.00000242. The average molecular weight is 414 g/mol. The molecule has 0 fully saturated rings. The zero-order valence-electron chi connectivity index (χ0n) is 12.2. The van der Waals surface area contributed by atoms with E-state index in [1.54, 1.807) is 12.1 Å². The Morgan fingerprint density at radius 2 is 2.00 bits per heavy atom. The van der Waals surface area contributed by atoms with Crippen molar-refractivity contribution in [2.75, 3.05) is 18.4 Å². The summed E-state index contributed by atoms with van der Waals surface area (Å²) in [7, 11) is 0. The van der Waals surface area contributed by atoms with Crippen LogP contribution in [0.1, 0.15) is 16.1 Å². The predicted molar refractivity (Wildman–Crippen MR) is 97.7 cm³/mol. The summed E-state index contributed by atoms with van der Waals surface area (Å²) in [5.74, 6) is 0.330. The fourth-order valence-electron chi connectivity index (χ4n) is 1.66. The first-order valence-electron chi connectivity index (χ1n) is 6.60. The number of furan rings is 1. The highest BCUT2D eigenvalue weighted by Gasteiger charge is 2.06. The van der Waals surface area contributed by atoms with Gasteiger partial charge in [-0.3, -0.25) is 9.79 Å². The smallest absolute Gasteiger partial charge is 0.287 e. The van der Waals surface area contributed by atoms with Gasteiger partial charge in [0, 0.05) is 12.2 Å². The van der Waals surface area contributed by atoms with Crippen LogP contribution in [0.5, 0.6) is 0 Å². The van der Waals surface area contributed by atoms with E-state index in [4.69, 9.17) is 10.2 Å². The van der Waals surface area contributed by atoms with Crippen molar-refractivity contribution in [2.45, 2.75) is 6.92 Å². The predicted octanol–water partition coefficient (Wildman–Crippen LogP) is 2.36. The molecule has 2 aromatic rings. The maximum absolute atomic E-state index is 11.6. The van der Waals surface area contributed by atoms with Gasteiger partial charge in [-0.2, -0.15) is 0 Å². The number of halogens is 1. The van der Waals surface area contributed by atoms with E-state index < -0.39 is 0 Å². The molecule has 0 saturated heterocycles. The largest absolute Gasteiger partial charge is 0.459 e. The third-order valence-corrected chi connectivity index (χ3v) is 2.75. The molecule has 7 heteroatoms. The number of guanidine groups is 1. The fourth-order valence-corrected chi connectivity index (χ4v) is 1.66. The monoisotopic (exact) mass is 414 g/mol. The molecule has 0 bridgehead atoms. The Morgan fingerprint density at radius 1 is 1.27 bits per heavy atom. The van der Waals surface area contributed by atoms with Gasteiger partial charge in [-0.1, -0.05) is 17.7 Å². The molecule has 0 aliphatic heterocycles. The van der Waals surface area contributed by atoms with Crippen molar-refractivity contribution in [3.8, 4) is 0 Å². The number of hydrogen-bond donors (Lipinski definition) is 3. The van der Waals surface area contributed by atoms with Crippen molar-refractivity contribution in [3.05, 3.63) is 54.0 Å². The van der Waals surface area contributed by atoms with Gasteiger partial charge in [0.05, 0.1) is 12.8 Å². The van der Waals surface area contributed by atoms with Crippen LogP contribution in [0.4, 0.5) is 5.69 Å². The van der Waals surface area contributed by atoms with Crippen LogP contribution < -0.4 is 16.4 Å². The molecule has 0 aliphatic rings. The molecular formula is C15H19IN4O2. The highest BCUT2D eigenvalue weighted by Crippen LogP contribution is 2.07. The Hall–Kier alpha value is -2.03. The van der Waals surface area contributed by atoms with Crippen molar-refractivity contribution in [3.63, 3.8) is 0 Å². The van der Waals surface area contributed by atoms with Crippen molar-refractivity contribution >= 4 is 41.5 Å². The molecule has 0 atom stereocenters. The number of anilines is 1. The number of carbonyl (C=O) groups excluding carboxylic acids is 1. The average Bonchev–Trinajstić information content (AvgIpc) is 3.00. The molecule has 0 unspecified atom stereocenters. The summed E-state index contributed by atoms with van der Waals surface area (Å²) in [6.45, 7) is 2.79. The van der Waals surface area contributed by atoms with E-state index in [2.05, 4.69) is 15.6 Å². The number of benzene rings is 1. The van der Waals surface area contributed by atoms with Crippen LogP contribution in [0.25, 0.3) is 0 Å². The summed E-state index contributed by atoms with van der Waals surface area (Å²) in [6.07, 6.45) is 1.45.